The Bertz CT molecular complexity index is 570. The van der Waals surface area contributed by atoms with E-state index in [1.165, 1.54) is 0 Å². The van der Waals surface area contributed by atoms with Crippen LogP contribution in [0.5, 0.6) is 0 Å². The minimum Gasteiger partial charge on any atom is -0.477 e. The molecule has 1 unspecified atom stereocenters. The predicted molar refractivity (Wildman–Crippen MR) is 95.6 cm³/mol. The molecule has 3 N–H and O–H groups in total. The largest absolute Gasteiger partial charge is 0.477 e. The Labute approximate surface area is 149 Å². The Morgan fingerprint density at radius 2 is 2.16 bits per heavy atom. The Kier molecular flexibility index (Phi) is 7.50. The second-order valence-electron chi connectivity index (χ2n) is 6.96. The van der Waals surface area contributed by atoms with Crippen LogP contribution in [0.15, 0.2) is 12.1 Å². The molecule has 2 heterocycles. The molecule has 0 saturated carbocycles. The van der Waals surface area contributed by atoms with Crippen molar-refractivity contribution >= 4 is 11.9 Å². The van der Waals surface area contributed by atoms with E-state index in [9.17, 15) is 14.7 Å². The molecule has 25 heavy (non-hydrogen) atoms. The number of hydrogen-bond acceptors (Lipinski definition) is 3. The smallest absolute Gasteiger partial charge is 0.352 e. The van der Waals surface area contributed by atoms with Crippen molar-refractivity contribution in [2.75, 3.05) is 6.54 Å². The minimum atomic E-state index is -0.957. The molecule has 2 atom stereocenters. The van der Waals surface area contributed by atoms with Crippen molar-refractivity contribution in [3.63, 3.8) is 0 Å². The molecule has 1 saturated heterocycles. The van der Waals surface area contributed by atoms with E-state index in [0.29, 0.717) is 19.4 Å². The molecule has 1 amide bonds. The van der Waals surface area contributed by atoms with Crippen molar-refractivity contribution in [1.29, 1.82) is 0 Å². The lowest BCUT2D eigenvalue weighted by molar-refractivity contribution is -0.129. The third kappa shape index (κ3) is 5.88. The molecule has 1 aromatic rings. The Balaban J connectivity index is 1.78. The zero-order valence-corrected chi connectivity index (χ0v) is 15.0. The maximum absolute atomic E-state index is 12.1. The molecule has 6 heteroatoms. The fourth-order valence-electron chi connectivity index (χ4n) is 3.50. The summed E-state index contributed by atoms with van der Waals surface area (Å²) in [4.78, 5) is 27.8. The number of unbranched alkanes of at least 4 members (excludes halogenated alkanes) is 2. The van der Waals surface area contributed by atoms with Gasteiger partial charge in [0.1, 0.15) is 5.69 Å². The number of aromatic nitrogens is 1. The molecule has 1 aromatic heterocycles. The lowest BCUT2D eigenvalue weighted by atomic mass is 10.1. The van der Waals surface area contributed by atoms with Gasteiger partial charge in [-0.15, -0.1) is 0 Å². The molecule has 140 valence electrons. The number of carbonyl (C=O) groups excluding carboxylic acids is 1. The summed E-state index contributed by atoms with van der Waals surface area (Å²) in [5.74, 6) is -0.788. The van der Waals surface area contributed by atoms with Gasteiger partial charge in [0.2, 0.25) is 5.91 Å². The molecule has 6 nitrogen and oxygen atoms in total. The highest BCUT2D eigenvalue weighted by Gasteiger charge is 2.30. The van der Waals surface area contributed by atoms with Gasteiger partial charge < -0.3 is 20.1 Å². The van der Waals surface area contributed by atoms with Crippen molar-refractivity contribution in [3.05, 3.63) is 23.5 Å². The summed E-state index contributed by atoms with van der Waals surface area (Å²) < 4.78 is 0. The highest BCUT2D eigenvalue weighted by atomic mass is 16.4. The number of carboxylic acids is 1. The summed E-state index contributed by atoms with van der Waals surface area (Å²) in [6, 6.07) is 3.55. The van der Waals surface area contributed by atoms with E-state index in [2.05, 4.69) is 11.9 Å². The first-order valence-electron chi connectivity index (χ1n) is 9.40. The van der Waals surface area contributed by atoms with Crippen LogP contribution in [-0.2, 0) is 11.2 Å². The van der Waals surface area contributed by atoms with Crippen molar-refractivity contribution in [3.8, 4) is 0 Å². The van der Waals surface area contributed by atoms with Gasteiger partial charge in [0.05, 0.1) is 6.10 Å². The number of carbonyl (C=O) groups is 2. The number of aryl methyl sites for hydroxylation is 1. The maximum Gasteiger partial charge on any atom is 0.352 e. The van der Waals surface area contributed by atoms with E-state index in [-0.39, 0.29) is 23.7 Å². The number of aromatic amines is 1. The first-order chi connectivity index (χ1) is 12.0. The number of rotatable bonds is 11. The summed E-state index contributed by atoms with van der Waals surface area (Å²) in [5.41, 5.74) is 1.08. The molecular formula is C19H30N2O4. The second-order valence-corrected chi connectivity index (χ2v) is 6.96. The standard InChI is InChI=1S/C19H30N2O4/c1-2-3-4-5-16(22)12-13-21-15(9-11-18(21)23)8-6-14-7-10-17(20-14)19(24)25/h7,10,15-16,20,22H,2-6,8-9,11-13H2,1H3,(H,24,25)/t15?,16-/m1/s1. The molecule has 0 aliphatic carbocycles. The first-order valence-corrected chi connectivity index (χ1v) is 9.40. The third-order valence-electron chi connectivity index (χ3n) is 5.02. The highest BCUT2D eigenvalue weighted by molar-refractivity contribution is 5.85. The van der Waals surface area contributed by atoms with Crippen LogP contribution in [0.25, 0.3) is 0 Å². The Morgan fingerprint density at radius 3 is 2.84 bits per heavy atom. The minimum absolute atomic E-state index is 0.170. The SMILES string of the molecule is CCCCC[C@@H](O)CCN1C(=O)CCC1CCc1ccc(C(=O)O)[nH]1. The molecule has 0 spiro atoms. The number of aromatic carboxylic acids is 1. The van der Waals surface area contributed by atoms with Gasteiger partial charge >= 0.3 is 5.97 Å². The van der Waals surface area contributed by atoms with Gasteiger partial charge in [0.25, 0.3) is 0 Å². The molecule has 1 aliphatic heterocycles. The lowest BCUT2D eigenvalue weighted by Crippen LogP contribution is -2.35. The van der Waals surface area contributed by atoms with E-state index >= 15 is 0 Å². The molecule has 1 aliphatic rings. The van der Waals surface area contributed by atoms with E-state index in [4.69, 9.17) is 5.11 Å². The van der Waals surface area contributed by atoms with Gasteiger partial charge in [-0.2, -0.15) is 0 Å². The van der Waals surface area contributed by atoms with E-state index in [0.717, 1.165) is 50.6 Å². The number of carboxylic acid groups (broad SMARTS) is 1. The predicted octanol–water partition coefficient (Wildman–Crippen LogP) is 2.97. The molecule has 1 fully saturated rings. The fourth-order valence-corrected chi connectivity index (χ4v) is 3.50. The zero-order chi connectivity index (χ0) is 18.2. The quantitative estimate of drug-likeness (QED) is 0.535. The average Bonchev–Trinajstić information content (AvgIpc) is 3.18. The molecule has 0 bridgehead atoms. The average molecular weight is 350 g/mol. The zero-order valence-electron chi connectivity index (χ0n) is 15.0. The molecule has 0 radical (unpaired) electrons. The van der Waals surface area contributed by atoms with Crippen molar-refractivity contribution < 1.29 is 19.8 Å². The van der Waals surface area contributed by atoms with Crippen LogP contribution >= 0.6 is 0 Å². The molecule has 0 aromatic carbocycles. The van der Waals surface area contributed by atoms with Crippen LogP contribution in [0.4, 0.5) is 0 Å². The van der Waals surface area contributed by atoms with Gasteiger partial charge in [-0.05, 0) is 44.2 Å². The van der Waals surface area contributed by atoms with Gasteiger partial charge in [0, 0.05) is 24.7 Å². The van der Waals surface area contributed by atoms with Crippen LogP contribution in [0.1, 0.15) is 74.5 Å². The topological polar surface area (TPSA) is 93.6 Å². The van der Waals surface area contributed by atoms with Crippen LogP contribution in [0.3, 0.4) is 0 Å². The van der Waals surface area contributed by atoms with Gasteiger partial charge in [0.15, 0.2) is 0 Å². The summed E-state index contributed by atoms with van der Waals surface area (Å²) in [6.07, 6.45) is 7.38. The number of aliphatic hydroxyl groups is 1. The van der Waals surface area contributed by atoms with Gasteiger partial charge in [-0.25, -0.2) is 4.79 Å². The summed E-state index contributed by atoms with van der Waals surface area (Å²) >= 11 is 0. The third-order valence-corrected chi connectivity index (χ3v) is 5.02. The van der Waals surface area contributed by atoms with Crippen LogP contribution in [0.2, 0.25) is 0 Å². The number of hydrogen-bond donors (Lipinski definition) is 3. The van der Waals surface area contributed by atoms with Crippen molar-refractivity contribution in [2.45, 2.75) is 76.9 Å². The number of aliphatic hydroxyl groups excluding tert-OH is 1. The number of nitrogens with one attached hydrogen (secondary N) is 1. The van der Waals surface area contributed by atoms with Crippen LogP contribution in [-0.4, -0.2) is 50.7 Å². The van der Waals surface area contributed by atoms with Crippen molar-refractivity contribution in [2.24, 2.45) is 0 Å². The fraction of sp³-hybridized carbons (Fsp3) is 0.684. The molecular weight excluding hydrogens is 320 g/mol. The van der Waals surface area contributed by atoms with E-state index in [1.54, 1.807) is 12.1 Å². The second kappa shape index (κ2) is 9.61. The molecule has 2 rings (SSSR count). The van der Waals surface area contributed by atoms with Crippen molar-refractivity contribution in [1.82, 2.24) is 9.88 Å². The maximum atomic E-state index is 12.1. The highest BCUT2D eigenvalue weighted by Crippen LogP contribution is 2.24. The Morgan fingerprint density at radius 1 is 1.36 bits per heavy atom. The van der Waals surface area contributed by atoms with Crippen LogP contribution in [0, 0.1) is 0 Å². The lowest BCUT2D eigenvalue weighted by Gasteiger charge is -2.26. The summed E-state index contributed by atoms with van der Waals surface area (Å²) in [6.45, 7) is 2.76. The number of H-pyrrole nitrogens is 1. The van der Waals surface area contributed by atoms with Gasteiger partial charge in [-0.3, -0.25) is 4.79 Å². The number of likely N-dealkylation sites (tertiary alicyclic amines) is 1. The first kappa shape index (κ1) is 19.5. The summed E-state index contributed by atoms with van der Waals surface area (Å²) in [5, 5.41) is 19.0. The summed E-state index contributed by atoms with van der Waals surface area (Å²) in [7, 11) is 0. The normalized spacial score (nSPS) is 18.7. The van der Waals surface area contributed by atoms with Crippen LogP contribution < -0.4 is 0 Å². The Hall–Kier alpha value is -1.82. The van der Waals surface area contributed by atoms with Gasteiger partial charge in [-0.1, -0.05) is 26.2 Å². The number of nitrogens with zero attached hydrogens (tertiary/aromatic N) is 1. The van der Waals surface area contributed by atoms with E-state index < -0.39 is 5.97 Å². The van der Waals surface area contributed by atoms with E-state index in [1.807, 2.05) is 4.90 Å². The monoisotopic (exact) mass is 350 g/mol. The number of amides is 1.